The number of carbonyl (C=O) groups is 3. The molecule has 1 aliphatic rings. The number of aromatic nitrogens is 1. The minimum Gasteiger partial charge on any atom is -0.300 e. The Morgan fingerprint density at radius 1 is 1.20 bits per heavy atom. The van der Waals surface area contributed by atoms with Gasteiger partial charge in [-0.15, -0.1) is 11.3 Å². The van der Waals surface area contributed by atoms with Gasteiger partial charge in [0.25, 0.3) is 11.8 Å². The number of fused-ring (bicyclic) bond motifs is 1. The first-order chi connectivity index (χ1) is 11.9. The fraction of sp³-hybridized carbons (Fsp3) is 0.333. The lowest BCUT2D eigenvalue weighted by Crippen LogP contribution is -2.47. The molecule has 7 heteroatoms. The molecule has 3 amide bonds. The van der Waals surface area contributed by atoms with Gasteiger partial charge in [-0.25, -0.2) is 4.98 Å². The highest BCUT2D eigenvalue weighted by Gasteiger charge is 2.42. The van der Waals surface area contributed by atoms with E-state index in [9.17, 15) is 14.4 Å². The van der Waals surface area contributed by atoms with E-state index in [1.165, 1.54) is 11.3 Å². The summed E-state index contributed by atoms with van der Waals surface area (Å²) in [4.78, 5) is 43.5. The van der Waals surface area contributed by atoms with Gasteiger partial charge in [0.1, 0.15) is 6.04 Å². The van der Waals surface area contributed by atoms with E-state index in [0.717, 1.165) is 10.6 Å². The monoisotopic (exact) mass is 357 g/mol. The van der Waals surface area contributed by atoms with Gasteiger partial charge in [-0.1, -0.05) is 26.0 Å². The van der Waals surface area contributed by atoms with Crippen molar-refractivity contribution in [1.29, 1.82) is 0 Å². The van der Waals surface area contributed by atoms with Crippen LogP contribution in [0.15, 0.2) is 29.6 Å². The third-order valence-corrected chi connectivity index (χ3v) is 4.86. The lowest BCUT2D eigenvalue weighted by atomic mass is 10.0. The van der Waals surface area contributed by atoms with E-state index >= 15 is 0 Å². The maximum atomic E-state index is 12.8. The molecule has 3 rings (SSSR count). The van der Waals surface area contributed by atoms with E-state index in [4.69, 9.17) is 0 Å². The molecule has 2 aromatic rings. The van der Waals surface area contributed by atoms with Crippen molar-refractivity contribution in [2.45, 2.75) is 33.2 Å². The predicted molar refractivity (Wildman–Crippen MR) is 95.7 cm³/mol. The van der Waals surface area contributed by atoms with Crippen molar-refractivity contribution in [3.63, 3.8) is 0 Å². The molecule has 130 valence electrons. The zero-order valence-corrected chi connectivity index (χ0v) is 15.1. The van der Waals surface area contributed by atoms with Crippen LogP contribution in [0.2, 0.25) is 0 Å². The number of thiazole rings is 1. The Morgan fingerprint density at radius 2 is 1.80 bits per heavy atom. The van der Waals surface area contributed by atoms with Gasteiger partial charge in [0.15, 0.2) is 5.13 Å². The maximum Gasteiger partial charge on any atom is 0.262 e. The summed E-state index contributed by atoms with van der Waals surface area (Å²) in [5, 5.41) is 5.03. The van der Waals surface area contributed by atoms with Crippen LogP contribution in [0.5, 0.6) is 0 Å². The molecule has 25 heavy (non-hydrogen) atoms. The highest BCUT2D eigenvalue weighted by molar-refractivity contribution is 7.13. The zero-order valence-electron chi connectivity index (χ0n) is 14.3. The fourth-order valence-corrected chi connectivity index (χ4v) is 3.56. The van der Waals surface area contributed by atoms with Crippen LogP contribution in [0, 0.1) is 12.8 Å². The van der Waals surface area contributed by atoms with E-state index < -0.39 is 23.8 Å². The fourth-order valence-electron chi connectivity index (χ4n) is 2.87. The van der Waals surface area contributed by atoms with Crippen LogP contribution < -0.4 is 5.32 Å². The Hall–Kier alpha value is -2.54. The Labute approximate surface area is 149 Å². The van der Waals surface area contributed by atoms with Gasteiger partial charge in [-0.3, -0.25) is 19.3 Å². The molecule has 0 fully saturated rings. The molecule has 1 aliphatic heterocycles. The molecule has 0 bridgehead atoms. The second-order valence-electron chi connectivity index (χ2n) is 6.45. The molecule has 1 aromatic carbocycles. The Morgan fingerprint density at radius 3 is 2.28 bits per heavy atom. The summed E-state index contributed by atoms with van der Waals surface area (Å²) >= 11 is 1.31. The third kappa shape index (κ3) is 3.32. The smallest absolute Gasteiger partial charge is 0.262 e. The molecular formula is C18H19N3O3S. The molecule has 1 N–H and O–H groups in total. The molecule has 2 heterocycles. The van der Waals surface area contributed by atoms with Gasteiger partial charge < -0.3 is 5.32 Å². The molecule has 6 nitrogen and oxygen atoms in total. The molecule has 0 saturated carbocycles. The number of anilines is 1. The molecule has 1 aromatic heterocycles. The minimum atomic E-state index is -0.864. The summed E-state index contributed by atoms with van der Waals surface area (Å²) in [5.41, 5.74) is 1.50. The van der Waals surface area contributed by atoms with Crippen LogP contribution in [-0.4, -0.2) is 33.6 Å². The van der Waals surface area contributed by atoms with E-state index in [2.05, 4.69) is 10.3 Å². The van der Waals surface area contributed by atoms with Gasteiger partial charge in [-0.05, 0) is 31.4 Å². The van der Waals surface area contributed by atoms with Crippen LogP contribution in [-0.2, 0) is 4.79 Å². The average molecular weight is 357 g/mol. The molecule has 1 unspecified atom stereocenters. The van der Waals surface area contributed by atoms with Crippen LogP contribution in [0.3, 0.4) is 0 Å². The largest absolute Gasteiger partial charge is 0.300 e. The van der Waals surface area contributed by atoms with E-state index in [0.29, 0.717) is 22.7 Å². The molecule has 0 radical (unpaired) electrons. The maximum absolute atomic E-state index is 12.8. The molecule has 0 spiro atoms. The number of hydrogen-bond donors (Lipinski definition) is 1. The van der Waals surface area contributed by atoms with Crippen LogP contribution in [0.25, 0.3) is 0 Å². The highest BCUT2D eigenvalue weighted by atomic mass is 32.1. The van der Waals surface area contributed by atoms with Crippen LogP contribution in [0.4, 0.5) is 5.13 Å². The second kappa shape index (κ2) is 6.76. The zero-order chi connectivity index (χ0) is 18.1. The number of amides is 3. The summed E-state index contributed by atoms with van der Waals surface area (Å²) < 4.78 is 0. The van der Waals surface area contributed by atoms with Crippen molar-refractivity contribution in [2.75, 3.05) is 5.32 Å². The summed E-state index contributed by atoms with van der Waals surface area (Å²) in [5.74, 6) is -1.09. The van der Waals surface area contributed by atoms with E-state index in [1.807, 2.05) is 26.2 Å². The normalized spacial score (nSPS) is 14.8. The van der Waals surface area contributed by atoms with Gasteiger partial charge >= 0.3 is 0 Å². The highest BCUT2D eigenvalue weighted by Crippen LogP contribution is 2.27. The van der Waals surface area contributed by atoms with Crippen molar-refractivity contribution >= 4 is 34.2 Å². The third-order valence-electron chi connectivity index (χ3n) is 3.98. The van der Waals surface area contributed by atoms with Crippen molar-refractivity contribution in [3.05, 3.63) is 46.5 Å². The van der Waals surface area contributed by atoms with Crippen molar-refractivity contribution in [2.24, 2.45) is 5.92 Å². The van der Waals surface area contributed by atoms with E-state index in [-0.39, 0.29) is 5.92 Å². The van der Waals surface area contributed by atoms with Crippen LogP contribution in [0.1, 0.15) is 46.7 Å². The number of aryl methyl sites for hydroxylation is 1. The lowest BCUT2D eigenvalue weighted by Gasteiger charge is -2.26. The predicted octanol–water partition coefficient (Wildman–Crippen LogP) is 3.10. The van der Waals surface area contributed by atoms with Gasteiger partial charge in [0.05, 0.1) is 16.8 Å². The Balaban J connectivity index is 1.90. The summed E-state index contributed by atoms with van der Waals surface area (Å²) in [6.45, 7) is 5.74. The number of nitrogens with zero attached hydrogens (tertiary/aromatic N) is 2. The first kappa shape index (κ1) is 17.3. The van der Waals surface area contributed by atoms with Gasteiger partial charge in [0.2, 0.25) is 5.91 Å². The first-order valence-electron chi connectivity index (χ1n) is 8.08. The number of imide groups is 1. The number of carbonyl (C=O) groups excluding carboxylic acids is 3. The molecule has 1 atom stereocenters. The molecule has 0 saturated heterocycles. The standard InChI is InChI=1S/C18H19N3O3S/c1-10(2)8-14(15(22)20-18-19-11(3)9-25-18)21-16(23)12-6-4-5-7-13(12)17(21)24/h4-7,9-10,14H,8H2,1-3H3,(H,19,20,22). The SMILES string of the molecule is Cc1csc(NC(=O)C(CC(C)C)N2C(=O)c3ccccc3C2=O)n1. The lowest BCUT2D eigenvalue weighted by molar-refractivity contribution is -0.120. The Kier molecular flexibility index (Phi) is 4.67. The van der Waals surface area contributed by atoms with Crippen molar-refractivity contribution in [3.8, 4) is 0 Å². The van der Waals surface area contributed by atoms with E-state index in [1.54, 1.807) is 24.3 Å². The number of hydrogen-bond acceptors (Lipinski definition) is 5. The molecule has 0 aliphatic carbocycles. The quantitative estimate of drug-likeness (QED) is 0.834. The summed E-state index contributed by atoms with van der Waals surface area (Å²) in [7, 11) is 0. The second-order valence-corrected chi connectivity index (χ2v) is 7.31. The number of benzene rings is 1. The average Bonchev–Trinajstić information content (AvgIpc) is 3.08. The molecular weight excluding hydrogens is 338 g/mol. The first-order valence-corrected chi connectivity index (χ1v) is 8.96. The Bertz CT molecular complexity index is 809. The number of rotatable bonds is 5. The van der Waals surface area contributed by atoms with Crippen molar-refractivity contribution in [1.82, 2.24) is 9.88 Å². The van der Waals surface area contributed by atoms with Gasteiger partial charge in [-0.2, -0.15) is 0 Å². The summed E-state index contributed by atoms with van der Waals surface area (Å²) in [6.07, 6.45) is 0.391. The van der Waals surface area contributed by atoms with Gasteiger partial charge in [0, 0.05) is 5.38 Å². The topological polar surface area (TPSA) is 79.4 Å². The van der Waals surface area contributed by atoms with Crippen LogP contribution >= 0.6 is 11.3 Å². The van der Waals surface area contributed by atoms with Crippen molar-refractivity contribution < 1.29 is 14.4 Å². The number of nitrogens with one attached hydrogen (secondary N) is 1. The minimum absolute atomic E-state index is 0.137. The summed E-state index contributed by atoms with van der Waals surface area (Å²) in [6, 6.07) is 5.79.